The van der Waals surface area contributed by atoms with Crippen molar-refractivity contribution in [3.05, 3.63) is 59.4 Å². The first kappa shape index (κ1) is 21.1. The number of benzene rings is 1. The summed E-state index contributed by atoms with van der Waals surface area (Å²) in [7, 11) is 0. The summed E-state index contributed by atoms with van der Waals surface area (Å²) in [6.45, 7) is 2.33. The monoisotopic (exact) mass is 441 g/mol. The molecule has 162 valence electrons. The molecule has 2 saturated heterocycles. The van der Waals surface area contributed by atoms with Gasteiger partial charge in [0, 0.05) is 38.4 Å². The molecule has 0 saturated carbocycles. The quantitative estimate of drug-likeness (QED) is 0.739. The van der Waals surface area contributed by atoms with Gasteiger partial charge in [0.25, 0.3) is 0 Å². The van der Waals surface area contributed by atoms with E-state index in [1.54, 1.807) is 39.1 Å². The lowest BCUT2D eigenvalue weighted by Crippen LogP contribution is -2.59. The number of piperidine rings is 1. The van der Waals surface area contributed by atoms with E-state index in [-0.39, 0.29) is 12.1 Å². The predicted octanol–water partition coefficient (Wildman–Crippen LogP) is 2.60. The van der Waals surface area contributed by atoms with Gasteiger partial charge >= 0.3 is 17.8 Å². The first-order chi connectivity index (χ1) is 15.0. The number of likely N-dealkylation sites (tertiary alicyclic amines) is 1. The fourth-order valence-corrected chi connectivity index (χ4v) is 4.20. The maximum absolute atomic E-state index is 12.7. The number of hydrogen-bond acceptors (Lipinski definition) is 4. The molecule has 0 spiro atoms. The molecule has 4 amide bonds. The van der Waals surface area contributed by atoms with Crippen molar-refractivity contribution in [3.63, 3.8) is 0 Å². The molecule has 2 fully saturated rings. The number of nitrogens with zero attached hydrogens (tertiary/aromatic N) is 4. The summed E-state index contributed by atoms with van der Waals surface area (Å²) in [4.78, 5) is 47.0. The Morgan fingerprint density at radius 2 is 1.74 bits per heavy atom. The number of aromatic nitrogens is 1. The Bertz CT molecular complexity index is 963. The Morgan fingerprint density at radius 1 is 1.00 bits per heavy atom. The van der Waals surface area contributed by atoms with E-state index in [2.05, 4.69) is 10.3 Å². The summed E-state index contributed by atoms with van der Waals surface area (Å²) in [6.07, 6.45) is 2.94. The van der Waals surface area contributed by atoms with E-state index in [4.69, 9.17) is 11.6 Å². The minimum absolute atomic E-state index is 0.0437. The van der Waals surface area contributed by atoms with Crippen LogP contribution in [0.2, 0.25) is 5.02 Å². The first-order valence-electron chi connectivity index (χ1n) is 10.3. The molecule has 3 heterocycles. The standard InChI is InChI=1S/C22H24ClN5O3/c23-18-6-1-2-7-19(18)25-22(31)26-11-8-17(9-12-26)28-14-13-27(20(29)21(28)30)15-16-5-3-4-10-24-16/h1-7,10,17H,8-9,11-15H2,(H,25,31). The molecule has 0 radical (unpaired) electrons. The second kappa shape index (κ2) is 9.34. The summed E-state index contributed by atoms with van der Waals surface area (Å²) < 4.78 is 0. The van der Waals surface area contributed by atoms with Crippen molar-refractivity contribution in [2.45, 2.75) is 25.4 Å². The maximum Gasteiger partial charge on any atom is 0.321 e. The van der Waals surface area contributed by atoms with Crippen LogP contribution in [0.5, 0.6) is 0 Å². The third kappa shape index (κ3) is 4.80. The highest BCUT2D eigenvalue weighted by Gasteiger charge is 2.38. The van der Waals surface area contributed by atoms with Crippen molar-refractivity contribution in [3.8, 4) is 0 Å². The zero-order chi connectivity index (χ0) is 21.8. The molecule has 0 bridgehead atoms. The van der Waals surface area contributed by atoms with Gasteiger partial charge in [-0.1, -0.05) is 29.8 Å². The number of anilines is 1. The summed E-state index contributed by atoms with van der Waals surface area (Å²) in [5, 5.41) is 3.31. The van der Waals surface area contributed by atoms with Crippen molar-refractivity contribution in [1.29, 1.82) is 0 Å². The van der Waals surface area contributed by atoms with Gasteiger partial charge in [0.05, 0.1) is 22.9 Å². The Hall–Kier alpha value is -3.13. The molecular formula is C22H24ClN5O3. The molecule has 1 N–H and O–H groups in total. The highest BCUT2D eigenvalue weighted by atomic mass is 35.5. The molecule has 8 nitrogen and oxygen atoms in total. The Labute approximate surface area is 185 Å². The van der Waals surface area contributed by atoms with Crippen molar-refractivity contribution >= 4 is 35.1 Å². The van der Waals surface area contributed by atoms with Crippen molar-refractivity contribution < 1.29 is 14.4 Å². The van der Waals surface area contributed by atoms with Crippen molar-refractivity contribution in [2.75, 3.05) is 31.5 Å². The average molecular weight is 442 g/mol. The van der Waals surface area contributed by atoms with E-state index < -0.39 is 11.8 Å². The number of piperazine rings is 1. The second-order valence-corrected chi connectivity index (χ2v) is 8.08. The van der Waals surface area contributed by atoms with Gasteiger partial charge in [-0.3, -0.25) is 14.6 Å². The van der Waals surface area contributed by atoms with E-state index >= 15 is 0 Å². The molecule has 4 rings (SSSR count). The molecule has 2 aromatic rings. The van der Waals surface area contributed by atoms with Gasteiger partial charge in [0.2, 0.25) is 0 Å². The van der Waals surface area contributed by atoms with Crippen LogP contribution < -0.4 is 5.32 Å². The molecule has 0 atom stereocenters. The van der Waals surface area contributed by atoms with E-state index in [1.807, 2.05) is 24.3 Å². The van der Waals surface area contributed by atoms with Crippen molar-refractivity contribution in [1.82, 2.24) is 19.7 Å². The summed E-state index contributed by atoms with van der Waals surface area (Å²) in [6, 6.07) is 12.3. The van der Waals surface area contributed by atoms with E-state index in [0.29, 0.717) is 56.3 Å². The minimum atomic E-state index is -0.490. The molecule has 31 heavy (non-hydrogen) atoms. The van der Waals surface area contributed by atoms with Crippen LogP contribution in [0.1, 0.15) is 18.5 Å². The third-order valence-corrected chi connectivity index (χ3v) is 6.06. The number of para-hydroxylation sites is 1. The topological polar surface area (TPSA) is 85.8 Å². The Kier molecular flexibility index (Phi) is 6.36. The minimum Gasteiger partial charge on any atom is -0.330 e. The third-order valence-electron chi connectivity index (χ3n) is 5.73. The normalized spacial score (nSPS) is 17.8. The Balaban J connectivity index is 1.30. The number of nitrogens with one attached hydrogen (secondary N) is 1. The van der Waals surface area contributed by atoms with Gasteiger partial charge in [0.1, 0.15) is 0 Å². The predicted molar refractivity (Wildman–Crippen MR) is 116 cm³/mol. The number of carbonyl (C=O) groups excluding carboxylic acids is 3. The highest BCUT2D eigenvalue weighted by Crippen LogP contribution is 2.23. The van der Waals surface area contributed by atoms with Crippen LogP contribution in [-0.2, 0) is 16.1 Å². The Morgan fingerprint density at radius 3 is 2.45 bits per heavy atom. The van der Waals surface area contributed by atoms with E-state index in [9.17, 15) is 14.4 Å². The van der Waals surface area contributed by atoms with Crippen LogP contribution in [0.3, 0.4) is 0 Å². The highest BCUT2D eigenvalue weighted by molar-refractivity contribution is 6.35. The van der Waals surface area contributed by atoms with E-state index in [1.165, 1.54) is 0 Å². The number of halogens is 1. The van der Waals surface area contributed by atoms with Crippen LogP contribution in [0, 0.1) is 0 Å². The molecule has 2 aliphatic rings. The zero-order valence-electron chi connectivity index (χ0n) is 17.0. The van der Waals surface area contributed by atoms with Gasteiger partial charge in [-0.15, -0.1) is 0 Å². The van der Waals surface area contributed by atoms with Crippen LogP contribution >= 0.6 is 11.6 Å². The number of hydrogen-bond donors (Lipinski definition) is 1. The first-order valence-corrected chi connectivity index (χ1v) is 10.7. The molecule has 9 heteroatoms. The van der Waals surface area contributed by atoms with Gasteiger partial charge in [-0.05, 0) is 37.1 Å². The number of rotatable bonds is 4. The smallest absolute Gasteiger partial charge is 0.321 e. The van der Waals surface area contributed by atoms with Gasteiger partial charge in [0.15, 0.2) is 0 Å². The van der Waals surface area contributed by atoms with E-state index in [0.717, 1.165) is 5.69 Å². The molecule has 0 unspecified atom stereocenters. The fraction of sp³-hybridized carbons (Fsp3) is 0.364. The average Bonchev–Trinajstić information content (AvgIpc) is 2.79. The molecule has 1 aromatic heterocycles. The number of urea groups is 1. The van der Waals surface area contributed by atoms with Crippen LogP contribution in [0.4, 0.5) is 10.5 Å². The van der Waals surface area contributed by atoms with Crippen LogP contribution in [-0.4, -0.2) is 69.8 Å². The second-order valence-electron chi connectivity index (χ2n) is 7.67. The lowest BCUT2D eigenvalue weighted by atomic mass is 10.0. The summed E-state index contributed by atoms with van der Waals surface area (Å²) in [5.74, 6) is -0.961. The SMILES string of the molecule is O=C(Nc1ccccc1Cl)N1CCC(N2CCN(Cc3ccccn3)C(=O)C2=O)CC1. The lowest BCUT2D eigenvalue weighted by molar-refractivity contribution is -0.158. The molecular weight excluding hydrogens is 418 g/mol. The maximum atomic E-state index is 12.7. The van der Waals surface area contributed by atoms with Gasteiger partial charge < -0.3 is 20.0 Å². The molecule has 1 aromatic carbocycles. The lowest BCUT2D eigenvalue weighted by Gasteiger charge is -2.42. The van der Waals surface area contributed by atoms with Gasteiger partial charge in [-0.2, -0.15) is 0 Å². The number of pyridine rings is 1. The van der Waals surface area contributed by atoms with Crippen LogP contribution in [0.15, 0.2) is 48.7 Å². The van der Waals surface area contributed by atoms with Crippen LogP contribution in [0.25, 0.3) is 0 Å². The fourth-order valence-electron chi connectivity index (χ4n) is 4.01. The molecule has 0 aliphatic carbocycles. The number of amides is 4. The largest absolute Gasteiger partial charge is 0.330 e. The van der Waals surface area contributed by atoms with Gasteiger partial charge in [-0.25, -0.2) is 4.79 Å². The van der Waals surface area contributed by atoms with Crippen molar-refractivity contribution in [2.24, 2.45) is 0 Å². The summed E-state index contributed by atoms with van der Waals surface area (Å²) in [5.41, 5.74) is 1.33. The molecule has 2 aliphatic heterocycles. The zero-order valence-corrected chi connectivity index (χ0v) is 17.8. The summed E-state index contributed by atoms with van der Waals surface area (Å²) >= 11 is 6.11. The number of carbonyl (C=O) groups is 3.